The molecule has 1 saturated heterocycles. The van der Waals surface area contributed by atoms with Crippen molar-refractivity contribution in [2.75, 3.05) is 30.8 Å². The lowest BCUT2D eigenvalue weighted by Crippen LogP contribution is -2.32. The van der Waals surface area contributed by atoms with Crippen LogP contribution in [0.5, 0.6) is 11.5 Å². The highest BCUT2D eigenvalue weighted by atomic mass is 32.2. The van der Waals surface area contributed by atoms with Crippen molar-refractivity contribution in [2.45, 2.75) is 23.2 Å². The number of carbonyl (C=O) groups excluding carboxylic acids is 1. The van der Waals surface area contributed by atoms with Crippen molar-refractivity contribution >= 4 is 39.8 Å². The largest absolute Gasteiger partial charge is 0.486 e. The summed E-state index contributed by atoms with van der Waals surface area (Å²) < 4.78 is 25.1. The summed E-state index contributed by atoms with van der Waals surface area (Å²) in [6.45, 7) is 1.84. The van der Waals surface area contributed by atoms with Gasteiger partial charge in [-0.05, 0) is 54.8 Å². The minimum Gasteiger partial charge on any atom is -0.486 e. The zero-order valence-corrected chi connectivity index (χ0v) is 18.8. The van der Waals surface area contributed by atoms with Crippen LogP contribution in [0.4, 0.5) is 15.2 Å². The van der Waals surface area contributed by atoms with Crippen LogP contribution in [0.25, 0.3) is 0 Å². The molecule has 2 aliphatic rings. The van der Waals surface area contributed by atoms with E-state index in [1.807, 2.05) is 23.1 Å². The summed E-state index contributed by atoms with van der Waals surface area (Å²) in [6.07, 6.45) is 1.90. The molecule has 1 aromatic heterocycles. The molecule has 32 heavy (non-hydrogen) atoms. The predicted octanol–water partition coefficient (Wildman–Crippen LogP) is 4.65. The molecule has 0 bridgehead atoms. The van der Waals surface area contributed by atoms with E-state index >= 15 is 0 Å². The Labute approximate surface area is 192 Å². The van der Waals surface area contributed by atoms with Gasteiger partial charge in [-0.3, -0.25) is 4.79 Å². The molecule has 0 saturated carbocycles. The summed E-state index contributed by atoms with van der Waals surface area (Å²) in [5, 5.41) is 11.9. The number of thioether (sulfide) groups is 1. The van der Waals surface area contributed by atoms with Gasteiger partial charge >= 0.3 is 0 Å². The molecule has 0 aliphatic carbocycles. The Morgan fingerprint density at radius 3 is 2.81 bits per heavy atom. The van der Waals surface area contributed by atoms with Crippen molar-refractivity contribution in [2.24, 2.45) is 0 Å². The second-order valence-corrected chi connectivity index (χ2v) is 9.64. The van der Waals surface area contributed by atoms with E-state index in [2.05, 4.69) is 15.5 Å². The Bertz CT molecular complexity index is 1110. The van der Waals surface area contributed by atoms with Crippen molar-refractivity contribution in [1.29, 1.82) is 0 Å². The van der Waals surface area contributed by atoms with Crippen LogP contribution in [0.2, 0.25) is 0 Å². The first kappa shape index (κ1) is 21.0. The molecule has 3 heterocycles. The van der Waals surface area contributed by atoms with Gasteiger partial charge in [-0.1, -0.05) is 29.2 Å². The van der Waals surface area contributed by atoms with Crippen LogP contribution in [0, 0.1) is 5.82 Å². The Hall–Kier alpha value is -2.85. The zero-order valence-electron chi connectivity index (χ0n) is 17.1. The van der Waals surface area contributed by atoms with Crippen LogP contribution in [-0.2, 0) is 4.79 Å². The molecule has 10 heteroatoms. The summed E-state index contributed by atoms with van der Waals surface area (Å²) in [5.41, 5.74) is 1.81. The second-order valence-electron chi connectivity index (χ2n) is 7.44. The normalized spacial score (nSPS) is 17.4. The number of amides is 1. The molecule has 166 valence electrons. The van der Waals surface area contributed by atoms with E-state index < -0.39 is 0 Å². The molecule has 1 atom stereocenters. The van der Waals surface area contributed by atoms with E-state index in [1.165, 1.54) is 35.2 Å². The fourth-order valence-electron chi connectivity index (χ4n) is 3.86. The van der Waals surface area contributed by atoms with E-state index in [4.69, 9.17) is 9.47 Å². The number of halogens is 1. The number of anilines is 2. The molecule has 2 aliphatic heterocycles. The Morgan fingerprint density at radius 2 is 1.97 bits per heavy atom. The van der Waals surface area contributed by atoms with E-state index in [0.717, 1.165) is 42.1 Å². The molecule has 1 N–H and O–H groups in total. The van der Waals surface area contributed by atoms with E-state index in [1.54, 1.807) is 12.1 Å². The van der Waals surface area contributed by atoms with Crippen molar-refractivity contribution in [3.8, 4) is 11.5 Å². The lowest BCUT2D eigenvalue weighted by Gasteiger charge is -2.26. The Morgan fingerprint density at radius 1 is 1.16 bits per heavy atom. The predicted molar refractivity (Wildman–Crippen MR) is 121 cm³/mol. The van der Waals surface area contributed by atoms with Gasteiger partial charge in [0.25, 0.3) is 0 Å². The highest BCUT2D eigenvalue weighted by Crippen LogP contribution is 2.38. The fourth-order valence-corrected chi connectivity index (χ4v) is 5.52. The van der Waals surface area contributed by atoms with Crippen LogP contribution < -0.4 is 14.8 Å². The number of likely N-dealkylation sites (tertiary alicyclic amines) is 1. The van der Waals surface area contributed by atoms with Crippen molar-refractivity contribution < 1.29 is 18.7 Å². The van der Waals surface area contributed by atoms with Gasteiger partial charge in [0.1, 0.15) is 19.0 Å². The van der Waals surface area contributed by atoms with Crippen molar-refractivity contribution in [3.63, 3.8) is 0 Å². The summed E-state index contributed by atoms with van der Waals surface area (Å²) >= 11 is 2.74. The fraction of sp³-hybridized carbons (Fsp3) is 0.318. The van der Waals surface area contributed by atoms with Gasteiger partial charge in [-0.25, -0.2) is 4.39 Å². The van der Waals surface area contributed by atoms with Crippen molar-refractivity contribution in [3.05, 3.63) is 53.8 Å². The first-order valence-corrected chi connectivity index (χ1v) is 12.1. The smallest absolute Gasteiger partial charge is 0.233 e. The minimum absolute atomic E-state index is 0.0454. The number of nitrogens with one attached hydrogen (secondary N) is 1. The quantitative estimate of drug-likeness (QED) is 0.524. The van der Waals surface area contributed by atoms with Crippen LogP contribution in [-0.4, -0.2) is 46.5 Å². The zero-order chi connectivity index (χ0) is 21.9. The summed E-state index contributed by atoms with van der Waals surface area (Å²) in [4.78, 5) is 14.9. The van der Waals surface area contributed by atoms with Crippen LogP contribution >= 0.6 is 23.1 Å². The highest BCUT2D eigenvalue weighted by molar-refractivity contribution is 8.01. The van der Waals surface area contributed by atoms with E-state index in [9.17, 15) is 9.18 Å². The SMILES string of the molecule is O=C(CSc1nnc(Nc2ccc(F)cc2)s1)N1CCCC1c1ccc2c(c1)OCCO2. The third kappa shape index (κ3) is 4.66. The minimum atomic E-state index is -0.293. The van der Waals surface area contributed by atoms with Gasteiger partial charge in [0.05, 0.1) is 11.8 Å². The number of rotatable bonds is 6. The number of carbonyl (C=O) groups is 1. The summed E-state index contributed by atoms with van der Waals surface area (Å²) in [7, 11) is 0. The lowest BCUT2D eigenvalue weighted by molar-refractivity contribution is -0.129. The third-order valence-electron chi connectivity index (χ3n) is 5.35. The van der Waals surface area contributed by atoms with Gasteiger partial charge in [0.2, 0.25) is 11.0 Å². The van der Waals surface area contributed by atoms with Crippen LogP contribution in [0.1, 0.15) is 24.4 Å². The van der Waals surface area contributed by atoms with Gasteiger partial charge in [-0.2, -0.15) is 0 Å². The number of fused-ring (bicyclic) bond motifs is 1. The molecule has 1 unspecified atom stereocenters. The van der Waals surface area contributed by atoms with Crippen LogP contribution in [0.3, 0.4) is 0 Å². The molecule has 1 fully saturated rings. The van der Waals surface area contributed by atoms with Gasteiger partial charge in [0, 0.05) is 12.2 Å². The number of hydrogen-bond acceptors (Lipinski definition) is 8. The Kier molecular flexibility index (Phi) is 6.13. The number of benzene rings is 2. The van der Waals surface area contributed by atoms with E-state index in [0.29, 0.717) is 28.4 Å². The summed E-state index contributed by atoms with van der Waals surface area (Å²) in [6, 6.07) is 12.0. The second kappa shape index (κ2) is 9.33. The first-order chi connectivity index (χ1) is 15.7. The number of nitrogens with zero attached hydrogens (tertiary/aromatic N) is 3. The molecule has 0 spiro atoms. The van der Waals surface area contributed by atoms with Crippen molar-refractivity contribution in [1.82, 2.24) is 15.1 Å². The Balaban J connectivity index is 1.19. The maximum atomic E-state index is 13.0. The monoisotopic (exact) mass is 472 g/mol. The average molecular weight is 473 g/mol. The molecule has 1 amide bonds. The number of aromatic nitrogens is 2. The molecule has 3 aromatic rings. The van der Waals surface area contributed by atoms with E-state index in [-0.39, 0.29) is 17.8 Å². The third-order valence-corrected chi connectivity index (χ3v) is 7.30. The molecular formula is C22H21FN4O3S2. The maximum Gasteiger partial charge on any atom is 0.233 e. The molecule has 0 radical (unpaired) electrons. The molecule has 2 aromatic carbocycles. The standard InChI is InChI=1S/C22H21FN4O3S2/c23-15-4-6-16(7-5-15)24-21-25-26-22(32-21)31-13-20(28)27-9-1-2-17(27)14-3-8-18-19(12-14)30-11-10-29-18/h3-8,12,17H,1-2,9-11,13H2,(H,24,25). The lowest BCUT2D eigenvalue weighted by atomic mass is 10.0. The molecule has 5 rings (SSSR count). The summed E-state index contributed by atoms with van der Waals surface area (Å²) in [5.74, 6) is 1.59. The van der Waals surface area contributed by atoms with Gasteiger partial charge in [0.15, 0.2) is 15.8 Å². The molecule has 7 nitrogen and oxygen atoms in total. The molecular weight excluding hydrogens is 451 g/mol. The van der Waals surface area contributed by atoms with Gasteiger partial charge in [-0.15, -0.1) is 10.2 Å². The first-order valence-electron chi connectivity index (χ1n) is 10.3. The topological polar surface area (TPSA) is 76.6 Å². The van der Waals surface area contributed by atoms with Crippen LogP contribution in [0.15, 0.2) is 46.8 Å². The number of ether oxygens (including phenoxy) is 2. The van der Waals surface area contributed by atoms with Gasteiger partial charge < -0.3 is 19.7 Å². The average Bonchev–Trinajstić information content (AvgIpc) is 3.48. The maximum absolute atomic E-state index is 13.0. The number of hydrogen-bond donors (Lipinski definition) is 1. The highest BCUT2D eigenvalue weighted by Gasteiger charge is 2.31.